The van der Waals surface area contributed by atoms with Gasteiger partial charge >= 0.3 is 0 Å². The van der Waals surface area contributed by atoms with Crippen LogP contribution in [0.3, 0.4) is 0 Å². The van der Waals surface area contributed by atoms with Crippen LogP contribution in [-0.2, 0) is 17.6 Å². The minimum Gasteiger partial charge on any atom is -0.352 e. The Morgan fingerprint density at radius 2 is 2.33 bits per heavy atom. The van der Waals surface area contributed by atoms with Gasteiger partial charge in [-0.25, -0.2) is 4.98 Å². The smallest absolute Gasteiger partial charge is 0.251 e. The summed E-state index contributed by atoms with van der Waals surface area (Å²) in [5.74, 6) is -0.160. The van der Waals surface area contributed by atoms with Crippen LogP contribution in [0.4, 0.5) is 5.69 Å². The molecule has 0 spiro atoms. The van der Waals surface area contributed by atoms with Gasteiger partial charge in [0.2, 0.25) is 5.91 Å². The first-order valence-electron chi connectivity index (χ1n) is 6.74. The van der Waals surface area contributed by atoms with Crippen LogP contribution in [0, 0.1) is 6.92 Å². The standard InChI is InChI=1S/C15H15N3O2S/c1-9-17-12(8-21-9)4-5-16-15(20)11-3-2-10-7-14(19)18-13(10)6-11/h2-3,6,8H,4-5,7H2,1H3,(H,16,20)(H,18,19). The van der Waals surface area contributed by atoms with Gasteiger partial charge in [-0.2, -0.15) is 0 Å². The molecule has 2 aromatic rings. The average molecular weight is 301 g/mol. The van der Waals surface area contributed by atoms with Crippen molar-refractivity contribution in [1.29, 1.82) is 0 Å². The van der Waals surface area contributed by atoms with Gasteiger partial charge in [-0.05, 0) is 24.6 Å². The van der Waals surface area contributed by atoms with Crippen molar-refractivity contribution in [3.63, 3.8) is 0 Å². The number of aromatic nitrogens is 1. The molecule has 0 bridgehead atoms. The van der Waals surface area contributed by atoms with Crippen LogP contribution in [0.25, 0.3) is 0 Å². The number of fused-ring (bicyclic) bond motifs is 1. The van der Waals surface area contributed by atoms with Gasteiger partial charge in [0.25, 0.3) is 5.91 Å². The Kier molecular flexibility index (Phi) is 3.70. The van der Waals surface area contributed by atoms with Crippen LogP contribution in [0.5, 0.6) is 0 Å². The minimum absolute atomic E-state index is 0.0264. The molecule has 0 unspecified atom stereocenters. The van der Waals surface area contributed by atoms with Crippen molar-refractivity contribution in [3.05, 3.63) is 45.4 Å². The van der Waals surface area contributed by atoms with Crippen LogP contribution >= 0.6 is 11.3 Å². The van der Waals surface area contributed by atoms with E-state index in [4.69, 9.17) is 0 Å². The van der Waals surface area contributed by atoms with Gasteiger partial charge in [0.15, 0.2) is 0 Å². The fourth-order valence-corrected chi connectivity index (χ4v) is 2.93. The number of benzene rings is 1. The molecular formula is C15H15N3O2S. The maximum absolute atomic E-state index is 12.1. The number of aryl methyl sites for hydroxylation is 1. The van der Waals surface area contributed by atoms with Crippen molar-refractivity contribution in [2.45, 2.75) is 19.8 Å². The molecule has 1 aromatic heterocycles. The SMILES string of the molecule is Cc1nc(CCNC(=O)c2ccc3c(c2)NC(=O)C3)cs1. The zero-order valence-electron chi connectivity index (χ0n) is 11.6. The molecule has 2 amide bonds. The monoisotopic (exact) mass is 301 g/mol. The highest BCUT2D eigenvalue weighted by Crippen LogP contribution is 2.23. The van der Waals surface area contributed by atoms with E-state index in [9.17, 15) is 9.59 Å². The maximum atomic E-state index is 12.1. The molecule has 0 aliphatic carbocycles. The van der Waals surface area contributed by atoms with Crippen LogP contribution < -0.4 is 10.6 Å². The summed E-state index contributed by atoms with van der Waals surface area (Å²) in [7, 11) is 0. The minimum atomic E-state index is -0.133. The van der Waals surface area contributed by atoms with Crippen molar-refractivity contribution in [3.8, 4) is 0 Å². The number of hydrogen-bond donors (Lipinski definition) is 2. The maximum Gasteiger partial charge on any atom is 0.251 e. The Morgan fingerprint density at radius 3 is 3.10 bits per heavy atom. The van der Waals surface area contributed by atoms with Crippen LogP contribution in [0.15, 0.2) is 23.6 Å². The van der Waals surface area contributed by atoms with E-state index in [0.29, 0.717) is 18.5 Å². The number of nitrogens with one attached hydrogen (secondary N) is 2. The predicted octanol–water partition coefficient (Wildman–Crippen LogP) is 1.92. The lowest BCUT2D eigenvalue weighted by Crippen LogP contribution is -2.25. The topological polar surface area (TPSA) is 71.1 Å². The highest BCUT2D eigenvalue weighted by atomic mass is 32.1. The fraction of sp³-hybridized carbons (Fsp3) is 0.267. The normalized spacial score (nSPS) is 12.9. The van der Waals surface area contributed by atoms with E-state index in [1.54, 1.807) is 23.5 Å². The van der Waals surface area contributed by atoms with E-state index < -0.39 is 0 Å². The molecule has 2 heterocycles. The van der Waals surface area contributed by atoms with Crippen molar-refractivity contribution in [2.24, 2.45) is 0 Å². The third kappa shape index (κ3) is 3.11. The molecule has 2 N–H and O–H groups in total. The Labute approximate surface area is 126 Å². The van der Waals surface area contributed by atoms with E-state index in [1.807, 2.05) is 18.4 Å². The van der Waals surface area contributed by atoms with E-state index in [2.05, 4.69) is 15.6 Å². The first kappa shape index (κ1) is 13.8. The highest BCUT2D eigenvalue weighted by Gasteiger charge is 2.18. The molecule has 1 aliphatic heterocycles. The number of nitrogens with zero attached hydrogens (tertiary/aromatic N) is 1. The van der Waals surface area contributed by atoms with Gasteiger partial charge in [-0.15, -0.1) is 11.3 Å². The van der Waals surface area contributed by atoms with E-state index in [-0.39, 0.29) is 11.8 Å². The molecular weight excluding hydrogens is 286 g/mol. The second kappa shape index (κ2) is 5.65. The number of carbonyl (C=O) groups is 2. The Hall–Kier alpha value is -2.21. The number of thiazole rings is 1. The second-order valence-corrected chi connectivity index (χ2v) is 6.02. The summed E-state index contributed by atoms with van der Waals surface area (Å²) in [6.07, 6.45) is 1.11. The number of carbonyl (C=O) groups excluding carboxylic acids is 2. The summed E-state index contributed by atoms with van der Waals surface area (Å²) in [6.45, 7) is 2.51. The lowest BCUT2D eigenvalue weighted by atomic mass is 10.1. The Balaban J connectivity index is 1.58. The zero-order chi connectivity index (χ0) is 14.8. The van der Waals surface area contributed by atoms with E-state index >= 15 is 0 Å². The summed E-state index contributed by atoms with van der Waals surface area (Å²) >= 11 is 1.61. The molecule has 0 atom stereocenters. The molecule has 6 heteroatoms. The van der Waals surface area contributed by atoms with Gasteiger partial charge < -0.3 is 10.6 Å². The molecule has 0 fully saturated rings. The lowest BCUT2D eigenvalue weighted by molar-refractivity contribution is -0.115. The molecule has 108 valence electrons. The lowest BCUT2D eigenvalue weighted by Gasteiger charge is -2.06. The molecule has 5 nitrogen and oxygen atoms in total. The quantitative estimate of drug-likeness (QED) is 0.906. The third-order valence-electron chi connectivity index (χ3n) is 3.33. The fourth-order valence-electron chi connectivity index (χ4n) is 2.28. The van der Waals surface area contributed by atoms with Crippen molar-refractivity contribution < 1.29 is 9.59 Å². The molecule has 0 saturated carbocycles. The van der Waals surface area contributed by atoms with Gasteiger partial charge in [-0.1, -0.05) is 6.07 Å². The summed E-state index contributed by atoms with van der Waals surface area (Å²) in [6, 6.07) is 5.30. The molecule has 21 heavy (non-hydrogen) atoms. The molecule has 1 aliphatic rings. The summed E-state index contributed by atoms with van der Waals surface area (Å²) in [5, 5.41) is 8.66. The number of anilines is 1. The molecule has 0 saturated heterocycles. The van der Waals surface area contributed by atoms with Gasteiger partial charge in [0.1, 0.15) is 0 Å². The van der Waals surface area contributed by atoms with Crippen LogP contribution in [0.2, 0.25) is 0 Å². The largest absolute Gasteiger partial charge is 0.352 e. The molecule has 1 aromatic carbocycles. The Morgan fingerprint density at radius 1 is 1.48 bits per heavy atom. The average Bonchev–Trinajstić information content (AvgIpc) is 3.02. The number of hydrogen-bond acceptors (Lipinski definition) is 4. The van der Waals surface area contributed by atoms with Crippen molar-refractivity contribution >= 4 is 28.8 Å². The van der Waals surface area contributed by atoms with Crippen LogP contribution in [0.1, 0.15) is 26.6 Å². The predicted molar refractivity (Wildman–Crippen MR) is 81.7 cm³/mol. The van der Waals surface area contributed by atoms with E-state index in [0.717, 1.165) is 28.4 Å². The highest BCUT2D eigenvalue weighted by molar-refractivity contribution is 7.09. The first-order chi connectivity index (χ1) is 10.1. The number of amides is 2. The van der Waals surface area contributed by atoms with Gasteiger partial charge in [-0.3, -0.25) is 9.59 Å². The second-order valence-electron chi connectivity index (χ2n) is 4.96. The van der Waals surface area contributed by atoms with Gasteiger partial charge in [0, 0.05) is 29.6 Å². The summed E-state index contributed by atoms with van der Waals surface area (Å²) in [5.41, 5.74) is 3.24. The Bertz CT molecular complexity index is 709. The van der Waals surface area contributed by atoms with Crippen molar-refractivity contribution in [1.82, 2.24) is 10.3 Å². The summed E-state index contributed by atoms with van der Waals surface area (Å²) < 4.78 is 0. The first-order valence-corrected chi connectivity index (χ1v) is 7.62. The third-order valence-corrected chi connectivity index (χ3v) is 4.15. The van der Waals surface area contributed by atoms with Crippen molar-refractivity contribution in [2.75, 3.05) is 11.9 Å². The summed E-state index contributed by atoms with van der Waals surface area (Å²) in [4.78, 5) is 27.7. The molecule has 0 radical (unpaired) electrons. The molecule has 3 rings (SSSR count). The van der Waals surface area contributed by atoms with Crippen LogP contribution in [-0.4, -0.2) is 23.3 Å². The van der Waals surface area contributed by atoms with E-state index in [1.165, 1.54) is 0 Å². The van der Waals surface area contributed by atoms with Gasteiger partial charge in [0.05, 0.1) is 17.1 Å². The zero-order valence-corrected chi connectivity index (χ0v) is 12.4. The number of rotatable bonds is 4.